The molecule has 0 heterocycles. The lowest BCUT2D eigenvalue weighted by Gasteiger charge is -2.24. The molecule has 3 heteroatoms. The van der Waals surface area contributed by atoms with Gasteiger partial charge < -0.3 is 15.2 Å². The summed E-state index contributed by atoms with van der Waals surface area (Å²) in [6.45, 7) is 6.88. The molecule has 2 unspecified atom stereocenters. The van der Waals surface area contributed by atoms with Crippen LogP contribution in [0.4, 0.5) is 0 Å². The number of nitrogens with two attached hydrogens (primary N) is 1. The van der Waals surface area contributed by atoms with E-state index in [1.54, 1.807) is 0 Å². The summed E-state index contributed by atoms with van der Waals surface area (Å²) in [4.78, 5) is 0. The first kappa shape index (κ1) is 14.8. The maximum Gasteiger partial charge on any atom is 0.123 e. The van der Waals surface area contributed by atoms with Gasteiger partial charge in [-0.1, -0.05) is 26.3 Å². The smallest absolute Gasteiger partial charge is 0.123 e. The maximum atomic E-state index is 6.13. The number of benzene rings is 1. The van der Waals surface area contributed by atoms with Gasteiger partial charge in [-0.05, 0) is 31.9 Å². The molecule has 1 rings (SSSR count). The van der Waals surface area contributed by atoms with Crippen molar-refractivity contribution in [3.05, 3.63) is 24.3 Å². The van der Waals surface area contributed by atoms with E-state index in [9.17, 15) is 0 Å². The van der Waals surface area contributed by atoms with Crippen molar-refractivity contribution >= 4 is 0 Å². The van der Waals surface area contributed by atoms with Crippen molar-refractivity contribution in [2.75, 3.05) is 6.61 Å². The van der Waals surface area contributed by atoms with Crippen LogP contribution in [0.25, 0.3) is 0 Å². The lowest BCUT2D eigenvalue weighted by atomic mass is 10.0. The number of hydrogen-bond donors (Lipinski definition) is 1. The Morgan fingerprint density at radius 1 is 1.17 bits per heavy atom. The van der Waals surface area contributed by atoms with Gasteiger partial charge in [0.05, 0.1) is 6.61 Å². The highest BCUT2D eigenvalue weighted by molar-refractivity contribution is 5.33. The molecular weight excluding hydrogens is 226 g/mol. The third-order valence-electron chi connectivity index (χ3n) is 2.91. The molecule has 18 heavy (non-hydrogen) atoms. The van der Waals surface area contributed by atoms with E-state index in [-0.39, 0.29) is 12.1 Å². The quantitative estimate of drug-likeness (QED) is 0.770. The van der Waals surface area contributed by atoms with Gasteiger partial charge in [0, 0.05) is 12.1 Å². The standard InChI is InChI=1S/C15H25NO2/c1-4-8-14(16)15(5-2)18-13-10-7-9-12(11-13)17-6-3/h7,9-11,14-15H,4-6,8,16H2,1-3H3. The molecule has 0 bridgehead atoms. The zero-order chi connectivity index (χ0) is 13.4. The fourth-order valence-electron chi connectivity index (χ4n) is 1.97. The normalized spacial score (nSPS) is 14.0. The second-order valence-electron chi connectivity index (χ2n) is 4.42. The summed E-state index contributed by atoms with van der Waals surface area (Å²) in [6, 6.07) is 7.84. The van der Waals surface area contributed by atoms with E-state index in [0.29, 0.717) is 6.61 Å². The molecule has 3 nitrogen and oxygen atoms in total. The molecule has 0 aliphatic carbocycles. The average Bonchev–Trinajstić information content (AvgIpc) is 2.37. The van der Waals surface area contributed by atoms with Gasteiger partial charge >= 0.3 is 0 Å². The van der Waals surface area contributed by atoms with Crippen molar-refractivity contribution in [3.63, 3.8) is 0 Å². The Hall–Kier alpha value is -1.22. The average molecular weight is 251 g/mol. The molecule has 0 spiro atoms. The van der Waals surface area contributed by atoms with Crippen LogP contribution in [-0.2, 0) is 0 Å². The lowest BCUT2D eigenvalue weighted by molar-refractivity contribution is 0.160. The van der Waals surface area contributed by atoms with Crippen LogP contribution >= 0.6 is 0 Å². The molecule has 0 saturated heterocycles. The van der Waals surface area contributed by atoms with E-state index in [2.05, 4.69) is 13.8 Å². The minimum Gasteiger partial charge on any atom is -0.494 e. The predicted molar refractivity (Wildman–Crippen MR) is 75.2 cm³/mol. The predicted octanol–water partition coefficient (Wildman–Crippen LogP) is 3.37. The zero-order valence-electron chi connectivity index (χ0n) is 11.7. The first-order chi connectivity index (χ1) is 8.71. The van der Waals surface area contributed by atoms with E-state index in [1.807, 2.05) is 31.2 Å². The second kappa shape index (κ2) is 7.98. The molecule has 0 saturated carbocycles. The van der Waals surface area contributed by atoms with Crippen LogP contribution in [0.3, 0.4) is 0 Å². The monoisotopic (exact) mass is 251 g/mol. The molecule has 1 aromatic carbocycles. The summed E-state index contributed by atoms with van der Waals surface area (Å²) in [5.74, 6) is 1.67. The minimum absolute atomic E-state index is 0.0711. The lowest BCUT2D eigenvalue weighted by Crippen LogP contribution is -2.38. The van der Waals surface area contributed by atoms with E-state index in [4.69, 9.17) is 15.2 Å². The van der Waals surface area contributed by atoms with Gasteiger partial charge in [-0.25, -0.2) is 0 Å². The molecule has 0 aromatic heterocycles. The Bertz CT molecular complexity index is 341. The largest absolute Gasteiger partial charge is 0.494 e. The Morgan fingerprint density at radius 2 is 1.89 bits per heavy atom. The molecule has 2 N–H and O–H groups in total. The summed E-state index contributed by atoms with van der Waals surface area (Å²) in [5.41, 5.74) is 6.13. The Kier molecular flexibility index (Phi) is 6.58. The van der Waals surface area contributed by atoms with E-state index in [1.165, 1.54) is 0 Å². The maximum absolute atomic E-state index is 6.13. The SMILES string of the molecule is CCCC(N)C(CC)Oc1cccc(OCC)c1. The van der Waals surface area contributed by atoms with Gasteiger partial charge in [0.1, 0.15) is 17.6 Å². The van der Waals surface area contributed by atoms with Gasteiger partial charge in [0.15, 0.2) is 0 Å². The van der Waals surface area contributed by atoms with Crippen LogP contribution in [0.1, 0.15) is 40.0 Å². The molecule has 1 aromatic rings. The fourth-order valence-corrected chi connectivity index (χ4v) is 1.97. The third kappa shape index (κ3) is 4.57. The highest BCUT2D eigenvalue weighted by atomic mass is 16.5. The van der Waals surface area contributed by atoms with E-state index < -0.39 is 0 Å². The van der Waals surface area contributed by atoms with Crippen molar-refractivity contribution in [1.82, 2.24) is 0 Å². The van der Waals surface area contributed by atoms with E-state index >= 15 is 0 Å². The number of ether oxygens (including phenoxy) is 2. The Balaban J connectivity index is 2.66. The molecule has 0 aliphatic rings. The Labute approximate surface area is 110 Å². The molecule has 0 radical (unpaired) electrons. The van der Waals surface area contributed by atoms with E-state index in [0.717, 1.165) is 30.8 Å². The minimum atomic E-state index is 0.0711. The fraction of sp³-hybridized carbons (Fsp3) is 0.600. The van der Waals surface area contributed by atoms with Crippen LogP contribution in [0.5, 0.6) is 11.5 Å². The van der Waals surface area contributed by atoms with Crippen LogP contribution in [0.15, 0.2) is 24.3 Å². The Morgan fingerprint density at radius 3 is 2.50 bits per heavy atom. The van der Waals surface area contributed by atoms with Crippen LogP contribution in [-0.4, -0.2) is 18.8 Å². The molecule has 102 valence electrons. The van der Waals surface area contributed by atoms with Crippen molar-refractivity contribution in [2.45, 2.75) is 52.2 Å². The van der Waals surface area contributed by atoms with Crippen molar-refractivity contribution in [3.8, 4) is 11.5 Å². The first-order valence-electron chi connectivity index (χ1n) is 6.86. The van der Waals surface area contributed by atoms with Crippen LogP contribution in [0.2, 0.25) is 0 Å². The molecule has 2 atom stereocenters. The number of rotatable bonds is 8. The van der Waals surface area contributed by atoms with Gasteiger partial charge in [-0.2, -0.15) is 0 Å². The summed E-state index contributed by atoms with van der Waals surface area (Å²) < 4.78 is 11.4. The third-order valence-corrected chi connectivity index (χ3v) is 2.91. The zero-order valence-corrected chi connectivity index (χ0v) is 11.7. The highest BCUT2D eigenvalue weighted by Crippen LogP contribution is 2.22. The molecular formula is C15H25NO2. The molecule has 0 amide bonds. The van der Waals surface area contributed by atoms with Gasteiger partial charge in [-0.3, -0.25) is 0 Å². The summed E-state index contributed by atoms with van der Waals surface area (Å²) in [5, 5.41) is 0. The topological polar surface area (TPSA) is 44.5 Å². The van der Waals surface area contributed by atoms with Crippen molar-refractivity contribution < 1.29 is 9.47 Å². The van der Waals surface area contributed by atoms with Gasteiger partial charge in [0.2, 0.25) is 0 Å². The summed E-state index contributed by atoms with van der Waals surface area (Å²) in [7, 11) is 0. The number of hydrogen-bond acceptors (Lipinski definition) is 3. The van der Waals surface area contributed by atoms with Crippen LogP contribution < -0.4 is 15.2 Å². The molecule has 0 fully saturated rings. The second-order valence-corrected chi connectivity index (χ2v) is 4.42. The first-order valence-corrected chi connectivity index (χ1v) is 6.86. The van der Waals surface area contributed by atoms with Crippen molar-refractivity contribution in [1.29, 1.82) is 0 Å². The summed E-state index contributed by atoms with van der Waals surface area (Å²) >= 11 is 0. The highest BCUT2D eigenvalue weighted by Gasteiger charge is 2.17. The van der Waals surface area contributed by atoms with Gasteiger partial charge in [0.25, 0.3) is 0 Å². The van der Waals surface area contributed by atoms with Crippen LogP contribution in [0, 0.1) is 0 Å². The van der Waals surface area contributed by atoms with Crippen molar-refractivity contribution in [2.24, 2.45) is 5.73 Å². The van der Waals surface area contributed by atoms with Gasteiger partial charge in [-0.15, -0.1) is 0 Å². The molecule has 0 aliphatic heterocycles. The summed E-state index contributed by atoms with van der Waals surface area (Å²) in [6.07, 6.45) is 3.06.